The number of nitrogens with zero attached hydrogens (tertiary/aromatic N) is 2. The monoisotopic (exact) mass is 234 g/mol. The Labute approximate surface area is 106 Å². The number of benzene rings is 2. The summed E-state index contributed by atoms with van der Waals surface area (Å²) in [6, 6.07) is 15.3. The molecule has 0 amide bonds. The largest absolute Gasteiger partial charge is 0.337 e. The number of aromatic nitrogens is 1. The first kappa shape index (κ1) is 9.89. The molecule has 1 aliphatic heterocycles. The topological polar surface area (TPSA) is 17.3 Å². The van der Waals surface area contributed by atoms with E-state index in [9.17, 15) is 0 Å². The smallest absolute Gasteiger partial charge is 0.0629 e. The lowest BCUT2D eigenvalue weighted by Crippen LogP contribution is -2.15. The molecule has 0 atom stereocenters. The molecule has 0 radical (unpaired) electrons. The van der Waals surface area contributed by atoms with Gasteiger partial charge in [-0.1, -0.05) is 36.4 Å². The molecule has 0 saturated carbocycles. The maximum absolute atomic E-state index is 4.54. The molecule has 0 aliphatic carbocycles. The fourth-order valence-electron chi connectivity index (χ4n) is 2.97. The van der Waals surface area contributed by atoms with E-state index < -0.39 is 0 Å². The molecule has 0 N–H and O–H groups in total. The minimum atomic E-state index is 0.895. The molecule has 3 aromatic rings. The van der Waals surface area contributed by atoms with E-state index in [-0.39, 0.29) is 0 Å². The highest BCUT2D eigenvalue weighted by Crippen LogP contribution is 2.29. The molecule has 2 heteroatoms. The number of hydrogen-bond donors (Lipinski definition) is 0. The molecule has 0 spiro atoms. The Bertz CT molecular complexity index is 793. The minimum Gasteiger partial charge on any atom is -0.337 e. The van der Waals surface area contributed by atoms with Crippen LogP contribution in [0.25, 0.3) is 21.7 Å². The Morgan fingerprint density at radius 1 is 1.06 bits per heavy atom. The lowest BCUT2D eigenvalue weighted by atomic mass is 10.1. The molecule has 1 aromatic heterocycles. The first-order valence-corrected chi connectivity index (χ1v) is 6.37. The van der Waals surface area contributed by atoms with Gasteiger partial charge < -0.3 is 4.57 Å². The van der Waals surface area contributed by atoms with Crippen LogP contribution in [-0.4, -0.2) is 16.8 Å². The van der Waals surface area contributed by atoms with Crippen LogP contribution in [0.3, 0.4) is 0 Å². The highest BCUT2D eigenvalue weighted by Gasteiger charge is 2.15. The predicted octanol–water partition coefficient (Wildman–Crippen LogP) is 3.62. The molecule has 0 fully saturated rings. The van der Waals surface area contributed by atoms with Gasteiger partial charge in [-0.25, -0.2) is 0 Å². The fraction of sp³-hybridized carbons (Fsp3) is 0.188. The summed E-state index contributed by atoms with van der Waals surface area (Å²) in [7, 11) is 0. The summed E-state index contributed by atoms with van der Waals surface area (Å²) in [4.78, 5) is 4.54. The van der Waals surface area contributed by atoms with Crippen molar-refractivity contribution in [2.45, 2.75) is 13.5 Å². The van der Waals surface area contributed by atoms with Crippen molar-refractivity contribution in [2.24, 2.45) is 4.99 Å². The molecule has 2 heterocycles. The highest BCUT2D eigenvalue weighted by atomic mass is 15.0. The average molecular weight is 234 g/mol. The molecule has 18 heavy (non-hydrogen) atoms. The standard InChI is InChI=1S/C16H14N2/c1-11-15-10-13-7-6-12-4-2-3-5-14(12)16(13)18(15)9-8-17-11/h2-7,10H,8-9H2,1H3. The minimum absolute atomic E-state index is 0.895. The zero-order valence-corrected chi connectivity index (χ0v) is 10.4. The number of aliphatic imine (C=N–C) groups is 1. The molecule has 2 aromatic carbocycles. The summed E-state index contributed by atoms with van der Waals surface area (Å²) in [5.74, 6) is 0. The molecule has 0 saturated heterocycles. The van der Waals surface area contributed by atoms with Crippen LogP contribution in [0.1, 0.15) is 12.6 Å². The van der Waals surface area contributed by atoms with Crippen LogP contribution in [0.5, 0.6) is 0 Å². The van der Waals surface area contributed by atoms with Crippen molar-refractivity contribution in [2.75, 3.05) is 6.54 Å². The second-order valence-corrected chi connectivity index (χ2v) is 4.87. The number of fused-ring (bicyclic) bond motifs is 5. The van der Waals surface area contributed by atoms with Crippen molar-refractivity contribution >= 4 is 27.4 Å². The van der Waals surface area contributed by atoms with E-state index in [1.807, 2.05) is 0 Å². The normalized spacial score (nSPS) is 14.8. The molecular formula is C16H14N2. The lowest BCUT2D eigenvalue weighted by molar-refractivity contribution is 0.711. The third-order valence-electron chi connectivity index (χ3n) is 3.83. The highest BCUT2D eigenvalue weighted by molar-refractivity contribution is 6.10. The Kier molecular flexibility index (Phi) is 1.90. The van der Waals surface area contributed by atoms with E-state index in [1.54, 1.807) is 0 Å². The molecule has 1 aliphatic rings. The molecule has 4 rings (SSSR count). The van der Waals surface area contributed by atoms with E-state index >= 15 is 0 Å². The van der Waals surface area contributed by atoms with Crippen LogP contribution in [0.4, 0.5) is 0 Å². The van der Waals surface area contributed by atoms with Gasteiger partial charge >= 0.3 is 0 Å². The summed E-state index contributed by atoms with van der Waals surface area (Å²) >= 11 is 0. The summed E-state index contributed by atoms with van der Waals surface area (Å²) in [6.07, 6.45) is 0. The second-order valence-electron chi connectivity index (χ2n) is 4.87. The maximum Gasteiger partial charge on any atom is 0.0629 e. The van der Waals surface area contributed by atoms with Crippen molar-refractivity contribution in [1.29, 1.82) is 0 Å². The van der Waals surface area contributed by atoms with Crippen LogP contribution >= 0.6 is 0 Å². The lowest BCUT2D eigenvalue weighted by Gasteiger charge is -2.15. The maximum atomic E-state index is 4.54. The summed E-state index contributed by atoms with van der Waals surface area (Å²) in [5.41, 5.74) is 3.78. The summed E-state index contributed by atoms with van der Waals surface area (Å²) in [6.45, 7) is 3.99. The Morgan fingerprint density at radius 3 is 2.83 bits per heavy atom. The van der Waals surface area contributed by atoms with E-state index in [0.717, 1.165) is 18.8 Å². The van der Waals surface area contributed by atoms with Gasteiger partial charge in [-0.05, 0) is 18.4 Å². The van der Waals surface area contributed by atoms with Crippen LogP contribution in [0, 0.1) is 0 Å². The van der Waals surface area contributed by atoms with Crippen molar-refractivity contribution in [3.05, 3.63) is 48.2 Å². The Balaban J connectivity index is 2.22. The number of rotatable bonds is 0. The quantitative estimate of drug-likeness (QED) is 0.565. The SMILES string of the molecule is CC1=NCCn2c1cc1ccc3ccccc3c12. The summed E-state index contributed by atoms with van der Waals surface area (Å²) in [5, 5.41) is 3.97. The Hall–Kier alpha value is -2.09. The van der Waals surface area contributed by atoms with Crippen molar-refractivity contribution in [1.82, 2.24) is 4.57 Å². The Morgan fingerprint density at radius 2 is 1.89 bits per heavy atom. The summed E-state index contributed by atoms with van der Waals surface area (Å²) < 4.78 is 2.42. The number of hydrogen-bond acceptors (Lipinski definition) is 1. The molecular weight excluding hydrogens is 220 g/mol. The van der Waals surface area contributed by atoms with Crippen LogP contribution < -0.4 is 0 Å². The third-order valence-corrected chi connectivity index (χ3v) is 3.83. The average Bonchev–Trinajstić information content (AvgIpc) is 2.79. The van der Waals surface area contributed by atoms with Crippen LogP contribution in [-0.2, 0) is 6.54 Å². The third kappa shape index (κ3) is 1.20. The second kappa shape index (κ2) is 3.45. The van der Waals surface area contributed by atoms with Crippen LogP contribution in [0.15, 0.2) is 47.5 Å². The molecule has 0 unspecified atom stereocenters. The molecule has 88 valence electrons. The first-order chi connectivity index (χ1) is 8.84. The van der Waals surface area contributed by atoms with Crippen molar-refractivity contribution in [3.63, 3.8) is 0 Å². The van der Waals surface area contributed by atoms with Crippen molar-refractivity contribution in [3.8, 4) is 0 Å². The van der Waals surface area contributed by atoms with Crippen LogP contribution in [0.2, 0.25) is 0 Å². The van der Waals surface area contributed by atoms with Gasteiger partial charge in [0.2, 0.25) is 0 Å². The van der Waals surface area contributed by atoms with Gasteiger partial charge in [0.05, 0.1) is 23.5 Å². The van der Waals surface area contributed by atoms with E-state index in [2.05, 4.69) is 58.9 Å². The predicted molar refractivity (Wildman–Crippen MR) is 76.5 cm³/mol. The first-order valence-electron chi connectivity index (χ1n) is 6.37. The van der Waals surface area contributed by atoms with Crippen molar-refractivity contribution < 1.29 is 0 Å². The van der Waals surface area contributed by atoms with E-state index in [1.165, 1.54) is 27.4 Å². The van der Waals surface area contributed by atoms with Gasteiger partial charge in [0.1, 0.15) is 0 Å². The van der Waals surface area contributed by atoms with Gasteiger partial charge in [-0.2, -0.15) is 0 Å². The van der Waals surface area contributed by atoms with Gasteiger partial charge in [0.25, 0.3) is 0 Å². The van der Waals surface area contributed by atoms with Gasteiger partial charge in [0, 0.05) is 17.3 Å². The fourth-order valence-corrected chi connectivity index (χ4v) is 2.97. The van der Waals surface area contributed by atoms with Gasteiger partial charge in [0.15, 0.2) is 0 Å². The zero-order chi connectivity index (χ0) is 12.1. The zero-order valence-electron chi connectivity index (χ0n) is 10.4. The molecule has 0 bridgehead atoms. The van der Waals surface area contributed by atoms with E-state index in [0.29, 0.717) is 0 Å². The molecule has 2 nitrogen and oxygen atoms in total. The van der Waals surface area contributed by atoms with Gasteiger partial charge in [-0.3, -0.25) is 4.99 Å². The van der Waals surface area contributed by atoms with E-state index in [4.69, 9.17) is 0 Å². The van der Waals surface area contributed by atoms with Gasteiger partial charge in [-0.15, -0.1) is 0 Å².